The molecule has 100 valence electrons. The second kappa shape index (κ2) is 5.96. The summed E-state index contributed by atoms with van der Waals surface area (Å²) in [6.45, 7) is -0.0497. The molecule has 0 spiro atoms. The van der Waals surface area contributed by atoms with Gasteiger partial charge in [-0.1, -0.05) is 21.6 Å². The number of nitrogen functional groups attached to an aromatic ring is 1. The topological polar surface area (TPSA) is 90.4 Å². The van der Waals surface area contributed by atoms with Gasteiger partial charge >= 0.3 is 5.69 Å². The minimum Gasteiger partial charge on any atom is -0.394 e. The van der Waals surface area contributed by atoms with Crippen molar-refractivity contribution in [1.29, 1.82) is 0 Å². The molecule has 2 rings (SSSR count). The highest BCUT2D eigenvalue weighted by atomic mass is 33.1. The van der Waals surface area contributed by atoms with Crippen molar-refractivity contribution in [2.24, 2.45) is 0 Å². The van der Waals surface area contributed by atoms with E-state index in [9.17, 15) is 9.90 Å². The molecule has 0 saturated carbocycles. The quantitative estimate of drug-likeness (QED) is 0.779. The molecule has 0 radical (unpaired) electrons. The summed E-state index contributed by atoms with van der Waals surface area (Å²) in [5.74, 6) is 0.197. The molecule has 1 aromatic heterocycles. The molecule has 1 aliphatic heterocycles. The highest BCUT2D eigenvalue weighted by Crippen LogP contribution is 2.39. The fraction of sp³-hybridized carbons (Fsp3) is 0.600. The predicted octanol–water partition coefficient (Wildman–Crippen LogP) is 0.485. The van der Waals surface area contributed by atoms with Gasteiger partial charge in [-0.2, -0.15) is 4.98 Å². The highest BCUT2D eigenvalue weighted by molar-refractivity contribution is 8.76. The molecule has 3 N–H and O–H groups in total. The van der Waals surface area contributed by atoms with Crippen molar-refractivity contribution in [1.82, 2.24) is 9.55 Å². The smallest absolute Gasteiger partial charge is 0.351 e. The molecule has 0 aliphatic carbocycles. The Balaban J connectivity index is 2.18. The summed E-state index contributed by atoms with van der Waals surface area (Å²) in [6, 6.07) is 1.56. The van der Waals surface area contributed by atoms with E-state index in [-0.39, 0.29) is 30.0 Å². The zero-order valence-electron chi connectivity index (χ0n) is 9.85. The molecule has 1 aromatic rings. The van der Waals surface area contributed by atoms with Crippen molar-refractivity contribution < 1.29 is 9.84 Å². The monoisotopic (exact) mass is 289 g/mol. The second-order valence-electron chi connectivity index (χ2n) is 3.89. The standard InChI is InChI=1S/C10H15N3O3S2/c1-17-18-7-4-9(16-6(7)5-14)13-3-2-8(11)12-10(13)15/h2-3,6-7,9,14H,4-5H2,1H3,(H2,11,12,15)/t6-,7+,9-/m1/s1. The molecule has 6 nitrogen and oxygen atoms in total. The Labute approximate surface area is 112 Å². The molecule has 0 amide bonds. The van der Waals surface area contributed by atoms with Crippen molar-refractivity contribution in [3.05, 3.63) is 22.7 Å². The third-order valence-corrected chi connectivity index (χ3v) is 5.00. The van der Waals surface area contributed by atoms with Crippen molar-refractivity contribution in [2.45, 2.75) is 24.0 Å². The van der Waals surface area contributed by atoms with Gasteiger partial charge in [0, 0.05) is 17.9 Å². The Morgan fingerprint density at radius 2 is 2.50 bits per heavy atom. The van der Waals surface area contributed by atoms with Crippen LogP contribution in [0.3, 0.4) is 0 Å². The van der Waals surface area contributed by atoms with Crippen LogP contribution in [0.25, 0.3) is 0 Å². The van der Waals surface area contributed by atoms with Gasteiger partial charge in [-0.05, 0) is 12.3 Å². The first-order valence-electron chi connectivity index (χ1n) is 5.46. The van der Waals surface area contributed by atoms with Crippen LogP contribution in [-0.2, 0) is 4.74 Å². The van der Waals surface area contributed by atoms with Crippen molar-refractivity contribution in [3.63, 3.8) is 0 Å². The third kappa shape index (κ3) is 2.82. The van der Waals surface area contributed by atoms with Crippen molar-refractivity contribution >= 4 is 27.4 Å². The average molecular weight is 289 g/mol. The molecule has 3 atom stereocenters. The minimum atomic E-state index is -0.425. The molecule has 0 aromatic carbocycles. The number of hydrogen-bond acceptors (Lipinski definition) is 7. The number of anilines is 1. The summed E-state index contributed by atoms with van der Waals surface area (Å²) < 4.78 is 7.10. The zero-order chi connectivity index (χ0) is 13.1. The summed E-state index contributed by atoms with van der Waals surface area (Å²) in [7, 11) is 3.27. The molecule has 8 heteroatoms. The van der Waals surface area contributed by atoms with Gasteiger partial charge in [0.1, 0.15) is 12.0 Å². The number of aromatic nitrogens is 2. The van der Waals surface area contributed by atoms with Gasteiger partial charge in [0.2, 0.25) is 0 Å². The zero-order valence-corrected chi connectivity index (χ0v) is 11.5. The van der Waals surface area contributed by atoms with Crippen LogP contribution in [0.1, 0.15) is 12.6 Å². The predicted molar refractivity (Wildman–Crippen MR) is 73.4 cm³/mol. The minimum absolute atomic E-state index is 0.0497. The molecule has 1 fully saturated rings. The number of rotatable bonds is 4. The summed E-state index contributed by atoms with van der Waals surface area (Å²) in [5.41, 5.74) is 5.02. The summed E-state index contributed by atoms with van der Waals surface area (Å²) in [4.78, 5) is 15.4. The maximum atomic E-state index is 11.7. The maximum absolute atomic E-state index is 11.7. The van der Waals surface area contributed by atoms with Crippen LogP contribution < -0.4 is 11.4 Å². The lowest BCUT2D eigenvalue weighted by Crippen LogP contribution is -2.27. The Bertz CT molecular complexity index is 468. The van der Waals surface area contributed by atoms with Crippen LogP contribution in [0.4, 0.5) is 5.82 Å². The Kier molecular flexibility index (Phi) is 4.55. The lowest BCUT2D eigenvalue weighted by atomic mass is 10.2. The molecular weight excluding hydrogens is 274 g/mol. The fourth-order valence-corrected chi connectivity index (χ4v) is 4.02. The van der Waals surface area contributed by atoms with E-state index in [1.54, 1.807) is 33.9 Å². The second-order valence-corrected chi connectivity index (χ2v) is 6.60. The van der Waals surface area contributed by atoms with E-state index in [1.165, 1.54) is 4.57 Å². The lowest BCUT2D eigenvalue weighted by Gasteiger charge is -2.14. The van der Waals surface area contributed by atoms with Gasteiger partial charge in [-0.15, -0.1) is 0 Å². The Morgan fingerprint density at radius 1 is 1.72 bits per heavy atom. The lowest BCUT2D eigenvalue weighted by molar-refractivity contribution is -0.0236. The third-order valence-electron chi connectivity index (χ3n) is 2.74. The van der Waals surface area contributed by atoms with Gasteiger partial charge in [0.05, 0.1) is 12.7 Å². The van der Waals surface area contributed by atoms with Crippen LogP contribution >= 0.6 is 21.6 Å². The van der Waals surface area contributed by atoms with Crippen LogP contribution in [0.15, 0.2) is 17.1 Å². The maximum Gasteiger partial charge on any atom is 0.351 e. The largest absolute Gasteiger partial charge is 0.394 e. The van der Waals surface area contributed by atoms with E-state index >= 15 is 0 Å². The average Bonchev–Trinajstić information content (AvgIpc) is 2.72. The van der Waals surface area contributed by atoms with E-state index in [0.717, 1.165) is 0 Å². The van der Waals surface area contributed by atoms with Crippen molar-refractivity contribution in [2.75, 3.05) is 18.6 Å². The van der Waals surface area contributed by atoms with Gasteiger partial charge in [0.25, 0.3) is 0 Å². The van der Waals surface area contributed by atoms with Gasteiger partial charge in [0.15, 0.2) is 0 Å². The molecule has 0 bridgehead atoms. The molecule has 1 saturated heterocycles. The van der Waals surface area contributed by atoms with Crippen LogP contribution in [-0.4, -0.2) is 38.9 Å². The Hall–Kier alpha value is -0.700. The van der Waals surface area contributed by atoms with E-state index in [1.807, 2.05) is 6.26 Å². The first-order chi connectivity index (χ1) is 8.65. The van der Waals surface area contributed by atoms with E-state index in [2.05, 4.69) is 4.98 Å². The van der Waals surface area contributed by atoms with Gasteiger partial charge in [-0.3, -0.25) is 4.57 Å². The molecule has 2 heterocycles. The van der Waals surface area contributed by atoms with E-state index in [0.29, 0.717) is 6.42 Å². The van der Waals surface area contributed by atoms with Gasteiger partial charge < -0.3 is 15.6 Å². The molecule has 0 unspecified atom stereocenters. The molecule has 18 heavy (non-hydrogen) atoms. The van der Waals surface area contributed by atoms with Crippen LogP contribution in [0.5, 0.6) is 0 Å². The fourth-order valence-electron chi connectivity index (χ4n) is 1.91. The van der Waals surface area contributed by atoms with Gasteiger partial charge in [-0.25, -0.2) is 4.79 Å². The highest BCUT2D eigenvalue weighted by Gasteiger charge is 2.36. The van der Waals surface area contributed by atoms with E-state index in [4.69, 9.17) is 10.5 Å². The van der Waals surface area contributed by atoms with E-state index < -0.39 is 5.69 Å². The number of nitrogens with zero attached hydrogens (tertiary/aromatic N) is 2. The number of aliphatic hydroxyl groups excluding tert-OH is 1. The Morgan fingerprint density at radius 3 is 3.11 bits per heavy atom. The summed E-state index contributed by atoms with van der Waals surface area (Å²) >= 11 is 0. The molecular formula is C10H15N3O3S2. The normalized spacial score (nSPS) is 27.6. The van der Waals surface area contributed by atoms with Crippen LogP contribution in [0.2, 0.25) is 0 Å². The number of nitrogens with two attached hydrogens (primary N) is 1. The number of ether oxygens (including phenoxy) is 1. The first kappa shape index (κ1) is 13.7. The molecule has 1 aliphatic rings. The SMILES string of the molecule is CSS[C@H]1C[C@H](n2ccc(N)nc2=O)O[C@@H]1CO. The summed E-state index contributed by atoms with van der Waals surface area (Å²) in [6.07, 6.45) is 3.59. The number of hydrogen-bond donors (Lipinski definition) is 2. The van der Waals surface area contributed by atoms with Crippen LogP contribution in [0, 0.1) is 0 Å². The summed E-state index contributed by atoms with van der Waals surface area (Å²) in [5, 5.41) is 9.44. The number of aliphatic hydroxyl groups is 1. The first-order valence-corrected chi connectivity index (χ1v) is 8.08. The van der Waals surface area contributed by atoms with Crippen molar-refractivity contribution in [3.8, 4) is 0 Å².